The molecule has 1 saturated carbocycles. The zero-order chi connectivity index (χ0) is 24.8. The Morgan fingerprint density at radius 2 is 1.66 bits per heavy atom. The molecular weight excluding hydrogens is 459 g/mol. The van der Waals surface area contributed by atoms with Gasteiger partial charge in [-0.3, -0.25) is 9.80 Å². The van der Waals surface area contributed by atoms with E-state index in [0.717, 1.165) is 32.5 Å². The van der Waals surface area contributed by atoms with Gasteiger partial charge in [0, 0.05) is 38.1 Å². The first kappa shape index (κ1) is 23.8. The van der Waals surface area contributed by atoms with E-state index >= 15 is 0 Å². The van der Waals surface area contributed by atoms with Gasteiger partial charge in [0.2, 0.25) is 5.82 Å². The number of benzene rings is 1. The van der Waals surface area contributed by atoms with Gasteiger partial charge < -0.3 is 9.64 Å². The molecule has 3 heterocycles. The maximum absolute atomic E-state index is 13.0. The van der Waals surface area contributed by atoms with Crippen molar-refractivity contribution in [3.63, 3.8) is 0 Å². The number of likely N-dealkylation sites (tertiary alicyclic amines) is 1. The fourth-order valence-electron chi connectivity index (χ4n) is 5.83. The first-order chi connectivity index (χ1) is 16.6. The van der Waals surface area contributed by atoms with Gasteiger partial charge in [-0.15, -0.1) is 0 Å². The van der Waals surface area contributed by atoms with Crippen LogP contribution in [0.25, 0.3) is 0 Å². The van der Waals surface area contributed by atoms with Crippen LogP contribution in [-0.2, 0) is 17.5 Å². The average Bonchev–Trinajstić information content (AvgIpc) is 2.76. The number of hydrogen-bond donors (Lipinski definition) is 0. The zero-order valence-corrected chi connectivity index (χ0v) is 19.9. The summed E-state index contributed by atoms with van der Waals surface area (Å²) < 4.78 is 44.1. The van der Waals surface area contributed by atoms with Crippen LogP contribution < -0.4 is 4.90 Å². The van der Waals surface area contributed by atoms with Crippen LogP contribution in [0.2, 0.25) is 0 Å². The third-order valence-electron chi connectivity index (χ3n) is 7.34. The lowest BCUT2D eigenvalue weighted by Gasteiger charge is -2.58. The smallest absolute Gasteiger partial charge is 0.446 e. The SMILES string of the molecule is C[C@@H]1CN(c2cnc(C(F)(F)F)nc2)C[C@H](C)N1C(=O)OC1CC2(C1)CN(Cc1ccccc1)C2. The lowest BCUT2D eigenvalue weighted by molar-refractivity contribution is -0.145. The highest BCUT2D eigenvalue weighted by atomic mass is 19.4. The molecule has 5 rings (SSSR count). The van der Waals surface area contributed by atoms with Crippen LogP contribution >= 0.6 is 0 Å². The minimum atomic E-state index is -4.57. The van der Waals surface area contributed by atoms with Crippen LogP contribution in [0.15, 0.2) is 42.7 Å². The first-order valence-electron chi connectivity index (χ1n) is 12.0. The molecule has 1 spiro atoms. The summed E-state index contributed by atoms with van der Waals surface area (Å²) in [5.74, 6) is -1.16. The molecule has 0 radical (unpaired) electrons. The second kappa shape index (κ2) is 8.96. The summed E-state index contributed by atoms with van der Waals surface area (Å²) in [5, 5.41) is 0. The fourth-order valence-corrected chi connectivity index (χ4v) is 5.83. The number of alkyl halides is 3. The molecule has 188 valence electrons. The Kier molecular flexibility index (Phi) is 6.11. The summed E-state index contributed by atoms with van der Waals surface area (Å²) in [6, 6.07) is 10.1. The lowest BCUT2D eigenvalue weighted by atomic mass is 9.61. The number of amides is 1. The lowest BCUT2D eigenvalue weighted by Crippen LogP contribution is -2.64. The van der Waals surface area contributed by atoms with Crippen LogP contribution in [0.5, 0.6) is 0 Å². The quantitative estimate of drug-likeness (QED) is 0.642. The largest absolute Gasteiger partial charge is 0.451 e. The van der Waals surface area contributed by atoms with E-state index < -0.39 is 12.0 Å². The maximum Gasteiger partial charge on any atom is 0.451 e. The van der Waals surface area contributed by atoms with Gasteiger partial charge in [0.15, 0.2) is 0 Å². The Morgan fingerprint density at radius 1 is 1.06 bits per heavy atom. The highest BCUT2D eigenvalue weighted by Crippen LogP contribution is 2.50. The van der Waals surface area contributed by atoms with E-state index in [2.05, 4.69) is 39.1 Å². The Balaban J connectivity index is 1.09. The van der Waals surface area contributed by atoms with Crippen LogP contribution in [0.4, 0.5) is 23.7 Å². The minimum absolute atomic E-state index is 0.0536. The van der Waals surface area contributed by atoms with Crippen molar-refractivity contribution in [2.45, 2.75) is 57.6 Å². The summed E-state index contributed by atoms with van der Waals surface area (Å²) in [6.07, 6.45) is -0.754. The number of hydrogen-bond acceptors (Lipinski definition) is 6. The summed E-state index contributed by atoms with van der Waals surface area (Å²) in [4.78, 5) is 26.0. The number of halogens is 3. The van der Waals surface area contributed by atoms with Gasteiger partial charge in [-0.05, 0) is 32.3 Å². The highest BCUT2D eigenvalue weighted by Gasteiger charge is 2.54. The molecule has 1 amide bonds. The number of ether oxygens (including phenoxy) is 1. The fraction of sp³-hybridized carbons (Fsp3) is 0.560. The molecule has 1 aliphatic carbocycles. The van der Waals surface area contributed by atoms with Crippen molar-refractivity contribution in [2.24, 2.45) is 5.41 Å². The Morgan fingerprint density at radius 3 is 2.23 bits per heavy atom. The maximum atomic E-state index is 13.0. The van der Waals surface area contributed by atoms with Gasteiger partial charge in [-0.2, -0.15) is 13.2 Å². The number of rotatable bonds is 4. The molecular formula is C25H30F3N5O2. The number of nitrogens with zero attached hydrogens (tertiary/aromatic N) is 5. The predicted molar refractivity (Wildman–Crippen MR) is 124 cm³/mol. The van der Waals surface area contributed by atoms with E-state index in [1.165, 1.54) is 18.0 Å². The molecule has 2 saturated heterocycles. The van der Waals surface area contributed by atoms with Crippen LogP contribution in [-0.4, -0.2) is 70.2 Å². The van der Waals surface area contributed by atoms with Crippen LogP contribution in [0.3, 0.4) is 0 Å². The Bertz CT molecular complexity index is 1020. The molecule has 0 bridgehead atoms. The topological polar surface area (TPSA) is 61.8 Å². The average molecular weight is 490 g/mol. The molecule has 3 fully saturated rings. The molecule has 2 aromatic rings. The van der Waals surface area contributed by atoms with Crippen LogP contribution in [0.1, 0.15) is 38.1 Å². The molecule has 1 aromatic carbocycles. The number of anilines is 1. The molecule has 35 heavy (non-hydrogen) atoms. The van der Waals surface area contributed by atoms with E-state index in [4.69, 9.17) is 4.74 Å². The van der Waals surface area contributed by atoms with E-state index in [1.54, 1.807) is 4.90 Å². The summed E-state index contributed by atoms with van der Waals surface area (Å²) in [5.41, 5.74) is 2.10. The van der Waals surface area contributed by atoms with Crippen molar-refractivity contribution in [1.82, 2.24) is 19.8 Å². The van der Waals surface area contributed by atoms with Crippen molar-refractivity contribution in [1.29, 1.82) is 0 Å². The van der Waals surface area contributed by atoms with E-state index in [9.17, 15) is 18.0 Å². The van der Waals surface area contributed by atoms with Gasteiger partial charge in [-0.1, -0.05) is 30.3 Å². The van der Waals surface area contributed by atoms with Crippen molar-refractivity contribution in [3.05, 3.63) is 54.1 Å². The molecule has 3 aliphatic rings. The van der Waals surface area contributed by atoms with Crippen LogP contribution in [0, 0.1) is 5.41 Å². The molecule has 7 nitrogen and oxygen atoms in total. The summed E-state index contributed by atoms with van der Waals surface area (Å²) in [7, 11) is 0. The number of aromatic nitrogens is 2. The zero-order valence-electron chi connectivity index (χ0n) is 19.9. The monoisotopic (exact) mass is 489 g/mol. The van der Waals surface area contributed by atoms with Crippen molar-refractivity contribution < 1.29 is 22.7 Å². The van der Waals surface area contributed by atoms with Gasteiger partial charge in [0.05, 0.1) is 30.2 Å². The van der Waals surface area contributed by atoms with Gasteiger partial charge in [0.25, 0.3) is 0 Å². The molecule has 2 aliphatic heterocycles. The third kappa shape index (κ3) is 4.94. The van der Waals surface area contributed by atoms with Crippen molar-refractivity contribution in [3.8, 4) is 0 Å². The van der Waals surface area contributed by atoms with Gasteiger partial charge >= 0.3 is 12.3 Å². The molecule has 0 unspecified atom stereocenters. The Labute approximate surface area is 202 Å². The molecule has 0 N–H and O–H groups in total. The Hall–Kier alpha value is -2.88. The van der Waals surface area contributed by atoms with Crippen molar-refractivity contribution >= 4 is 11.8 Å². The highest BCUT2D eigenvalue weighted by molar-refractivity contribution is 5.69. The minimum Gasteiger partial charge on any atom is -0.446 e. The van der Waals surface area contributed by atoms with E-state index in [0.29, 0.717) is 18.8 Å². The second-order valence-electron chi connectivity index (χ2n) is 10.3. The second-order valence-corrected chi connectivity index (χ2v) is 10.3. The van der Waals surface area contributed by atoms with E-state index in [1.807, 2.05) is 24.8 Å². The predicted octanol–water partition coefficient (Wildman–Crippen LogP) is 4.20. The van der Waals surface area contributed by atoms with Crippen molar-refractivity contribution in [2.75, 3.05) is 31.1 Å². The normalized spacial score (nSPS) is 24.7. The van der Waals surface area contributed by atoms with Gasteiger partial charge in [-0.25, -0.2) is 14.8 Å². The molecule has 1 aromatic heterocycles. The number of piperazine rings is 1. The van der Waals surface area contributed by atoms with Gasteiger partial charge in [0.1, 0.15) is 6.10 Å². The summed E-state index contributed by atoms with van der Waals surface area (Å²) in [6.45, 7) is 7.81. The summed E-state index contributed by atoms with van der Waals surface area (Å²) >= 11 is 0. The number of carbonyl (C=O) groups excluding carboxylic acids is 1. The third-order valence-corrected chi connectivity index (χ3v) is 7.34. The number of carbonyl (C=O) groups is 1. The standard InChI is InChI=1S/C25H30F3N5O2/c1-17-12-32(20-10-29-22(30-11-20)25(26,27)28)13-18(2)33(17)23(34)35-21-8-24(9-21)15-31(16-24)14-19-6-4-3-5-7-19/h3-7,10-11,17-18,21H,8-9,12-16H2,1-2H3/t17-,18+. The molecule has 2 atom stereocenters. The molecule has 10 heteroatoms. The first-order valence-corrected chi connectivity index (χ1v) is 12.0. The van der Waals surface area contributed by atoms with E-state index in [-0.39, 0.29) is 29.7 Å².